The van der Waals surface area contributed by atoms with Crippen LogP contribution in [0.25, 0.3) is 0 Å². The smallest absolute Gasteiger partial charge is 0.289 e. The molecule has 2 aromatic rings. The van der Waals surface area contributed by atoms with E-state index in [9.17, 15) is 19.7 Å². The van der Waals surface area contributed by atoms with Gasteiger partial charge in [-0.15, -0.1) is 0 Å². The molecule has 1 aromatic carbocycles. The predicted molar refractivity (Wildman–Crippen MR) is 103 cm³/mol. The van der Waals surface area contributed by atoms with Crippen molar-refractivity contribution < 1.29 is 28.6 Å². The standard InChI is InChI=1S/C19H22N4O6/c1-13(18(24)20-15-6-5-14(23(26)27)12-17(15)28-2)21-7-9-22(10-8-21)19(25)16-4-3-11-29-16/h3-6,11-13H,7-10H2,1-2H3,(H,20,24)/p+1/t13-/m0/s1. The van der Waals surface area contributed by atoms with Gasteiger partial charge in [0.05, 0.1) is 56.2 Å². The number of anilines is 1. The molecular formula is C19H23N4O6+. The number of hydrogen-bond acceptors (Lipinski definition) is 6. The summed E-state index contributed by atoms with van der Waals surface area (Å²) in [6.07, 6.45) is 1.47. The molecule has 1 saturated heterocycles. The van der Waals surface area contributed by atoms with E-state index in [1.165, 1.54) is 31.6 Å². The lowest BCUT2D eigenvalue weighted by atomic mass is 10.2. The van der Waals surface area contributed by atoms with Crippen molar-refractivity contribution in [3.63, 3.8) is 0 Å². The molecule has 1 aliphatic rings. The Bertz CT molecular complexity index is 890. The second-order valence-corrected chi connectivity index (χ2v) is 6.78. The molecule has 0 aliphatic carbocycles. The fourth-order valence-electron chi connectivity index (χ4n) is 3.31. The summed E-state index contributed by atoms with van der Waals surface area (Å²) in [5.41, 5.74) is 0.261. The number of amides is 2. The number of nitro benzene ring substituents is 1. The van der Waals surface area contributed by atoms with Crippen molar-refractivity contribution in [2.75, 3.05) is 38.6 Å². The zero-order chi connectivity index (χ0) is 21.0. The van der Waals surface area contributed by atoms with Crippen LogP contribution in [0.15, 0.2) is 41.0 Å². The van der Waals surface area contributed by atoms with Crippen LogP contribution in [0, 0.1) is 10.1 Å². The Morgan fingerprint density at radius 3 is 2.62 bits per heavy atom. The molecule has 0 radical (unpaired) electrons. The highest BCUT2D eigenvalue weighted by molar-refractivity contribution is 5.95. The third-order valence-electron chi connectivity index (χ3n) is 5.08. The SMILES string of the molecule is COc1cc([N+](=O)[O-])ccc1NC(=O)[C@H](C)[NH+]1CCN(C(=O)c2ccco2)CC1. The number of methoxy groups -OCH3 is 1. The molecule has 0 unspecified atom stereocenters. The summed E-state index contributed by atoms with van der Waals surface area (Å²) in [7, 11) is 1.39. The first kappa shape index (κ1) is 20.3. The highest BCUT2D eigenvalue weighted by Gasteiger charge is 2.32. The molecule has 10 nitrogen and oxygen atoms in total. The number of nitro groups is 1. The van der Waals surface area contributed by atoms with Crippen LogP contribution < -0.4 is 15.0 Å². The molecule has 2 N–H and O–H groups in total. The Labute approximate surface area is 167 Å². The maximum Gasteiger partial charge on any atom is 0.289 e. The van der Waals surface area contributed by atoms with E-state index in [4.69, 9.17) is 9.15 Å². The number of non-ortho nitro benzene ring substituents is 1. The zero-order valence-corrected chi connectivity index (χ0v) is 16.2. The lowest BCUT2D eigenvalue weighted by Gasteiger charge is -2.34. The first-order valence-electron chi connectivity index (χ1n) is 9.21. The lowest BCUT2D eigenvalue weighted by Crippen LogP contribution is -3.19. The highest BCUT2D eigenvalue weighted by Crippen LogP contribution is 2.28. The average molecular weight is 403 g/mol. The number of carbonyl (C=O) groups excluding carboxylic acids is 2. The van der Waals surface area contributed by atoms with Crippen LogP contribution in [-0.2, 0) is 4.79 Å². The molecule has 1 aromatic heterocycles. The number of benzene rings is 1. The molecule has 0 saturated carbocycles. The van der Waals surface area contributed by atoms with E-state index >= 15 is 0 Å². The second kappa shape index (κ2) is 8.74. The molecule has 0 bridgehead atoms. The number of ether oxygens (including phenoxy) is 1. The molecule has 0 spiro atoms. The molecule has 10 heteroatoms. The summed E-state index contributed by atoms with van der Waals surface area (Å²) in [5.74, 6) is 0.160. The first-order valence-corrected chi connectivity index (χ1v) is 9.21. The topological polar surface area (TPSA) is 119 Å². The lowest BCUT2D eigenvalue weighted by molar-refractivity contribution is -0.917. The highest BCUT2D eigenvalue weighted by atomic mass is 16.6. The first-order chi connectivity index (χ1) is 13.9. The minimum Gasteiger partial charge on any atom is -0.494 e. The second-order valence-electron chi connectivity index (χ2n) is 6.78. The number of quaternary nitrogens is 1. The van der Waals surface area contributed by atoms with Gasteiger partial charge >= 0.3 is 0 Å². The third kappa shape index (κ3) is 4.54. The summed E-state index contributed by atoms with van der Waals surface area (Å²) in [6.45, 7) is 4.10. The third-order valence-corrected chi connectivity index (χ3v) is 5.08. The maximum absolute atomic E-state index is 12.7. The molecule has 154 valence electrons. The Morgan fingerprint density at radius 2 is 2.03 bits per heavy atom. The Balaban J connectivity index is 1.58. The molecule has 2 amide bonds. The van der Waals surface area contributed by atoms with Crippen LogP contribution in [0.1, 0.15) is 17.5 Å². The van der Waals surface area contributed by atoms with Gasteiger partial charge in [0.1, 0.15) is 5.75 Å². The van der Waals surface area contributed by atoms with Gasteiger partial charge in [-0.1, -0.05) is 0 Å². The molecule has 1 aliphatic heterocycles. The number of carbonyl (C=O) groups is 2. The number of nitrogens with zero attached hydrogens (tertiary/aromatic N) is 2. The molecular weight excluding hydrogens is 380 g/mol. The van der Waals surface area contributed by atoms with Gasteiger partial charge in [0.25, 0.3) is 17.5 Å². The summed E-state index contributed by atoms with van der Waals surface area (Å²) in [6, 6.07) is 6.98. The van der Waals surface area contributed by atoms with Crippen molar-refractivity contribution in [2.24, 2.45) is 0 Å². The van der Waals surface area contributed by atoms with Crippen molar-refractivity contribution in [3.8, 4) is 5.75 Å². The van der Waals surface area contributed by atoms with Gasteiger partial charge < -0.3 is 24.3 Å². The molecule has 29 heavy (non-hydrogen) atoms. The summed E-state index contributed by atoms with van der Waals surface area (Å²) >= 11 is 0. The molecule has 2 heterocycles. The van der Waals surface area contributed by atoms with Crippen LogP contribution in [0.4, 0.5) is 11.4 Å². The van der Waals surface area contributed by atoms with Crippen LogP contribution >= 0.6 is 0 Å². The van der Waals surface area contributed by atoms with Crippen LogP contribution in [0.2, 0.25) is 0 Å². The maximum atomic E-state index is 12.7. The molecule has 1 atom stereocenters. The summed E-state index contributed by atoms with van der Waals surface area (Å²) < 4.78 is 10.3. The molecule has 1 fully saturated rings. The summed E-state index contributed by atoms with van der Waals surface area (Å²) in [5, 5.41) is 13.7. The van der Waals surface area contributed by atoms with E-state index in [0.29, 0.717) is 37.6 Å². The minimum absolute atomic E-state index is 0.115. The van der Waals surface area contributed by atoms with E-state index in [2.05, 4.69) is 5.32 Å². The van der Waals surface area contributed by atoms with Gasteiger partial charge in [0.15, 0.2) is 11.8 Å². The zero-order valence-electron chi connectivity index (χ0n) is 16.2. The minimum atomic E-state index is -0.523. The van der Waals surface area contributed by atoms with Gasteiger partial charge in [-0.05, 0) is 25.1 Å². The van der Waals surface area contributed by atoms with E-state index in [1.54, 1.807) is 17.0 Å². The Morgan fingerprint density at radius 1 is 1.31 bits per heavy atom. The normalized spacial score (nSPS) is 15.6. The Kier molecular flexibility index (Phi) is 6.13. The average Bonchev–Trinajstić information content (AvgIpc) is 3.27. The van der Waals surface area contributed by atoms with Gasteiger partial charge in [0.2, 0.25) is 0 Å². The number of piperazine rings is 1. The number of hydrogen-bond donors (Lipinski definition) is 2. The Hall–Kier alpha value is -3.40. The van der Waals surface area contributed by atoms with Gasteiger partial charge in [-0.25, -0.2) is 0 Å². The largest absolute Gasteiger partial charge is 0.494 e. The quantitative estimate of drug-likeness (QED) is 0.537. The van der Waals surface area contributed by atoms with Crippen LogP contribution in [0.5, 0.6) is 5.75 Å². The van der Waals surface area contributed by atoms with E-state index < -0.39 is 4.92 Å². The van der Waals surface area contributed by atoms with E-state index in [-0.39, 0.29) is 29.3 Å². The van der Waals surface area contributed by atoms with Gasteiger partial charge in [-0.2, -0.15) is 0 Å². The van der Waals surface area contributed by atoms with Gasteiger partial charge in [0, 0.05) is 6.07 Å². The van der Waals surface area contributed by atoms with Crippen molar-refractivity contribution >= 4 is 23.2 Å². The van der Waals surface area contributed by atoms with Crippen molar-refractivity contribution in [1.82, 2.24) is 4.90 Å². The van der Waals surface area contributed by atoms with Crippen molar-refractivity contribution in [3.05, 3.63) is 52.5 Å². The van der Waals surface area contributed by atoms with Crippen molar-refractivity contribution in [1.29, 1.82) is 0 Å². The number of furan rings is 1. The molecule has 3 rings (SSSR count). The van der Waals surface area contributed by atoms with Crippen LogP contribution in [0.3, 0.4) is 0 Å². The van der Waals surface area contributed by atoms with Crippen LogP contribution in [-0.4, -0.2) is 61.0 Å². The van der Waals surface area contributed by atoms with E-state index in [1.807, 2.05) is 6.92 Å². The monoisotopic (exact) mass is 403 g/mol. The fraction of sp³-hybridized carbons (Fsp3) is 0.368. The fourth-order valence-corrected chi connectivity index (χ4v) is 3.31. The van der Waals surface area contributed by atoms with Gasteiger partial charge in [-0.3, -0.25) is 19.7 Å². The predicted octanol–water partition coefficient (Wildman–Crippen LogP) is 0.564. The number of rotatable bonds is 6. The summed E-state index contributed by atoms with van der Waals surface area (Å²) in [4.78, 5) is 38.2. The van der Waals surface area contributed by atoms with Crippen molar-refractivity contribution in [2.45, 2.75) is 13.0 Å². The number of nitrogens with one attached hydrogen (secondary N) is 2. The van der Waals surface area contributed by atoms with E-state index in [0.717, 1.165) is 4.90 Å².